The normalized spacial score (nSPS) is 23.9. The molecule has 2 fully saturated rings. The van der Waals surface area contributed by atoms with Crippen molar-refractivity contribution in [2.75, 3.05) is 11.9 Å². The number of aromatic nitrogens is 3. The molecule has 2 heterocycles. The molecule has 1 saturated carbocycles. The summed E-state index contributed by atoms with van der Waals surface area (Å²) in [4.78, 5) is 12.4. The van der Waals surface area contributed by atoms with Gasteiger partial charge in [-0.15, -0.1) is 5.10 Å². The average molecular weight is 496 g/mol. The first-order valence-corrected chi connectivity index (χ1v) is 12.5. The number of amides is 2. The molecule has 3 atom stereocenters. The summed E-state index contributed by atoms with van der Waals surface area (Å²) in [6.07, 6.45) is 10.2. The van der Waals surface area contributed by atoms with Crippen LogP contribution in [0.3, 0.4) is 0 Å². The van der Waals surface area contributed by atoms with Crippen LogP contribution in [0.25, 0.3) is 0 Å². The molecule has 2 amide bonds. The van der Waals surface area contributed by atoms with Gasteiger partial charge in [0, 0.05) is 24.3 Å². The monoisotopic (exact) mass is 495 g/mol. The Hall–Kier alpha value is -1.87. The Morgan fingerprint density at radius 2 is 1.97 bits per heavy atom. The second-order valence-corrected chi connectivity index (χ2v) is 9.73. The molecule has 0 spiro atoms. The van der Waals surface area contributed by atoms with Gasteiger partial charge in [-0.1, -0.05) is 47.7 Å². The summed E-state index contributed by atoms with van der Waals surface area (Å²) in [6, 6.07) is 4.23. The molecule has 1 saturated heterocycles. The van der Waals surface area contributed by atoms with Gasteiger partial charge in [-0.25, -0.2) is 4.79 Å². The van der Waals surface area contributed by atoms with E-state index < -0.39 is 6.10 Å². The number of nitrogens with one attached hydrogen (secondary N) is 2. The Bertz CT molecular complexity index is 935. The van der Waals surface area contributed by atoms with E-state index in [1.54, 1.807) is 18.2 Å². The lowest BCUT2D eigenvalue weighted by molar-refractivity contribution is -0.0905. The largest absolute Gasteiger partial charge is 0.394 e. The predicted molar refractivity (Wildman–Crippen MR) is 128 cm³/mol. The van der Waals surface area contributed by atoms with Gasteiger partial charge in [-0.2, -0.15) is 0 Å². The predicted octanol–water partition coefficient (Wildman–Crippen LogP) is 4.75. The van der Waals surface area contributed by atoms with Crippen molar-refractivity contribution in [3.8, 4) is 0 Å². The number of hydrogen-bond donors (Lipinski definition) is 3. The maximum absolute atomic E-state index is 12.4. The molecule has 10 heteroatoms. The number of urea groups is 1. The van der Waals surface area contributed by atoms with E-state index in [-0.39, 0.29) is 24.8 Å². The molecule has 8 nitrogen and oxygen atoms in total. The van der Waals surface area contributed by atoms with E-state index in [9.17, 15) is 9.90 Å². The molecule has 2 aliphatic rings. The van der Waals surface area contributed by atoms with Crippen LogP contribution in [-0.4, -0.2) is 51.0 Å². The first kappa shape index (κ1) is 24.3. The average Bonchev–Trinajstić information content (AvgIpc) is 3.30. The van der Waals surface area contributed by atoms with E-state index in [0.29, 0.717) is 21.7 Å². The maximum atomic E-state index is 12.4. The van der Waals surface area contributed by atoms with Crippen molar-refractivity contribution < 1.29 is 14.6 Å². The van der Waals surface area contributed by atoms with Crippen molar-refractivity contribution in [1.82, 2.24) is 20.3 Å². The second-order valence-electron chi connectivity index (χ2n) is 8.92. The third-order valence-electron chi connectivity index (χ3n) is 6.55. The minimum absolute atomic E-state index is 0.000614. The highest BCUT2D eigenvalue weighted by Gasteiger charge is 2.32. The van der Waals surface area contributed by atoms with Gasteiger partial charge in [0.2, 0.25) is 0 Å². The summed E-state index contributed by atoms with van der Waals surface area (Å²) >= 11 is 11.9. The minimum Gasteiger partial charge on any atom is -0.394 e. The van der Waals surface area contributed by atoms with Gasteiger partial charge in [-0.05, 0) is 50.3 Å². The zero-order valence-electron chi connectivity index (χ0n) is 18.6. The molecule has 1 aliphatic carbocycles. The lowest BCUT2D eigenvalue weighted by Crippen LogP contribution is -2.52. The van der Waals surface area contributed by atoms with Crippen molar-refractivity contribution in [2.24, 2.45) is 0 Å². The number of benzene rings is 1. The summed E-state index contributed by atoms with van der Waals surface area (Å²) in [5.41, 5.74) is 1.64. The number of hydrogen-bond acceptors (Lipinski definition) is 5. The first-order valence-electron chi connectivity index (χ1n) is 11.7. The Labute approximate surface area is 204 Å². The third kappa shape index (κ3) is 6.59. The quantitative estimate of drug-likeness (QED) is 0.514. The van der Waals surface area contributed by atoms with Gasteiger partial charge < -0.3 is 20.5 Å². The van der Waals surface area contributed by atoms with Crippen LogP contribution in [0.4, 0.5) is 10.5 Å². The summed E-state index contributed by atoms with van der Waals surface area (Å²) in [6.45, 7) is 0.557. The van der Waals surface area contributed by atoms with Crippen molar-refractivity contribution in [3.63, 3.8) is 0 Å². The van der Waals surface area contributed by atoms with Crippen LogP contribution in [0.5, 0.6) is 0 Å². The molecule has 33 heavy (non-hydrogen) atoms. The highest BCUT2D eigenvalue weighted by atomic mass is 35.5. The highest BCUT2D eigenvalue weighted by molar-refractivity contribution is 6.42. The molecule has 0 radical (unpaired) electrons. The number of halogens is 2. The fraction of sp³-hybridized carbons (Fsp3) is 0.609. The van der Waals surface area contributed by atoms with Crippen molar-refractivity contribution in [3.05, 3.63) is 40.1 Å². The van der Waals surface area contributed by atoms with Gasteiger partial charge in [0.05, 0.1) is 34.5 Å². The summed E-state index contributed by atoms with van der Waals surface area (Å²) in [5.74, 6) is 0.541. The van der Waals surface area contributed by atoms with Crippen molar-refractivity contribution >= 4 is 34.9 Å². The maximum Gasteiger partial charge on any atom is 0.319 e. The van der Waals surface area contributed by atoms with Crippen molar-refractivity contribution in [1.29, 1.82) is 0 Å². The number of carbonyl (C=O) groups excluding carboxylic acids is 1. The fourth-order valence-electron chi connectivity index (χ4n) is 4.70. The van der Waals surface area contributed by atoms with Crippen LogP contribution in [0, 0.1) is 0 Å². The van der Waals surface area contributed by atoms with Crippen LogP contribution in [0.15, 0.2) is 24.4 Å². The van der Waals surface area contributed by atoms with Gasteiger partial charge >= 0.3 is 6.03 Å². The molecular weight excluding hydrogens is 465 g/mol. The number of aryl methyl sites for hydroxylation is 1. The first-order chi connectivity index (χ1) is 16.0. The zero-order chi connectivity index (χ0) is 23.2. The smallest absolute Gasteiger partial charge is 0.319 e. The number of nitrogens with zero attached hydrogens (tertiary/aromatic N) is 3. The standard InChI is InChI=1S/C23H31Cl2N5O3/c24-18-8-6-16(12-19(18)25)26-23(32)27-20-9-7-17(33-22(20)14-31)10-11-30-13-21(28-29-30)15-4-2-1-3-5-15/h6,8,12-13,15,17,20,22,31H,1-5,7,9-11,14H2,(H2,26,27,32)/t17-,20+,22+/m1/s1. The second kappa shape index (κ2) is 11.5. The number of carbonyl (C=O) groups is 1. The molecule has 0 bridgehead atoms. The van der Waals surface area contributed by atoms with E-state index in [1.807, 2.05) is 4.68 Å². The van der Waals surface area contributed by atoms with E-state index in [1.165, 1.54) is 32.1 Å². The molecule has 180 valence electrons. The van der Waals surface area contributed by atoms with E-state index in [2.05, 4.69) is 27.1 Å². The van der Waals surface area contributed by atoms with Crippen LogP contribution in [0.2, 0.25) is 10.0 Å². The molecular formula is C23H31Cl2N5O3. The number of rotatable bonds is 7. The van der Waals surface area contributed by atoms with E-state index in [4.69, 9.17) is 27.9 Å². The summed E-state index contributed by atoms with van der Waals surface area (Å²) in [5, 5.41) is 24.9. The molecule has 1 aromatic carbocycles. The van der Waals surface area contributed by atoms with E-state index in [0.717, 1.165) is 31.5 Å². The SMILES string of the molecule is O=C(Nc1ccc(Cl)c(Cl)c1)N[C@H]1CC[C@H](CCn2cc(C3CCCCC3)nn2)O[C@H]1CO. The Kier molecular flexibility index (Phi) is 8.46. The lowest BCUT2D eigenvalue weighted by Gasteiger charge is -2.36. The Morgan fingerprint density at radius 3 is 2.73 bits per heavy atom. The van der Waals surface area contributed by atoms with Crippen LogP contribution in [-0.2, 0) is 11.3 Å². The fourth-order valence-corrected chi connectivity index (χ4v) is 5.00. The molecule has 3 N–H and O–H groups in total. The topological polar surface area (TPSA) is 101 Å². The van der Waals surface area contributed by atoms with E-state index >= 15 is 0 Å². The Morgan fingerprint density at radius 1 is 1.15 bits per heavy atom. The lowest BCUT2D eigenvalue weighted by atomic mass is 9.87. The van der Waals surface area contributed by atoms with Crippen LogP contribution < -0.4 is 10.6 Å². The highest BCUT2D eigenvalue weighted by Crippen LogP contribution is 2.31. The summed E-state index contributed by atoms with van der Waals surface area (Å²) < 4.78 is 7.99. The number of aliphatic hydroxyl groups excluding tert-OH is 1. The van der Waals surface area contributed by atoms with Crippen molar-refractivity contribution in [2.45, 2.75) is 82.1 Å². The number of aliphatic hydroxyl groups is 1. The van der Waals surface area contributed by atoms with Gasteiger partial charge in [-0.3, -0.25) is 4.68 Å². The van der Waals surface area contributed by atoms with Gasteiger partial charge in [0.25, 0.3) is 0 Å². The summed E-state index contributed by atoms with van der Waals surface area (Å²) in [7, 11) is 0. The molecule has 1 aromatic heterocycles. The number of anilines is 1. The molecule has 4 rings (SSSR count). The van der Waals surface area contributed by atoms with Gasteiger partial charge in [0.1, 0.15) is 6.10 Å². The van der Waals surface area contributed by atoms with Gasteiger partial charge in [0.15, 0.2) is 0 Å². The van der Waals surface area contributed by atoms with Crippen LogP contribution >= 0.6 is 23.2 Å². The molecule has 0 unspecified atom stereocenters. The zero-order valence-corrected chi connectivity index (χ0v) is 20.1. The van der Waals surface area contributed by atoms with Crippen LogP contribution in [0.1, 0.15) is 63.0 Å². The molecule has 2 aromatic rings. The third-order valence-corrected chi connectivity index (χ3v) is 7.29. The molecule has 1 aliphatic heterocycles. The minimum atomic E-state index is -0.461. The number of ether oxygens (including phenoxy) is 1. The Balaban J connectivity index is 1.24.